The normalized spacial score (nSPS) is 14.5. The number of carbonyl (C=O) groups excluding carboxylic acids is 2. The van der Waals surface area contributed by atoms with E-state index >= 15 is 0 Å². The Morgan fingerprint density at radius 1 is 1.09 bits per heavy atom. The van der Waals surface area contributed by atoms with Crippen LogP contribution < -0.4 is 10.1 Å². The molecule has 0 radical (unpaired) electrons. The van der Waals surface area contributed by atoms with Crippen LogP contribution in [0.4, 0.5) is 5.69 Å². The molecule has 1 saturated heterocycles. The molecule has 1 fully saturated rings. The van der Waals surface area contributed by atoms with Gasteiger partial charge in [0.1, 0.15) is 10.1 Å². The van der Waals surface area contributed by atoms with Gasteiger partial charge in [-0.2, -0.15) is 0 Å². The molecule has 0 spiro atoms. The first-order chi connectivity index (χ1) is 16.9. The molecule has 1 N–H and O–H groups in total. The lowest BCUT2D eigenvalue weighted by atomic mass is 10.1. The highest BCUT2D eigenvalue weighted by Crippen LogP contribution is 2.33. The van der Waals surface area contributed by atoms with Gasteiger partial charge < -0.3 is 10.1 Å². The van der Waals surface area contributed by atoms with Crippen molar-refractivity contribution in [3.8, 4) is 5.75 Å². The van der Waals surface area contributed by atoms with Crippen LogP contribution in [-0.2, 0) is 16.0 Å². The second-order valence-corrected chi connectivity index (χ2v) is 9.97. The molecule has 0 saturated carbocycles. The number of hydrogen-bond donors (Lipinski definition) is 1. The van der Waals surface area contributed by atoms with Crippen LogP contribution in [0.5, 0.6) is 5.75 Å². The van der Waals surface area contributed by atoms with Gasteiger partial charge in [0.15, 0.2) is 6.61 Å². The standard InChI is InChI=1S/C27H23ClN2O3S2/c1-18-22(28)8-5-9-23(18)29-25(31)17-33-21-12-10-20(11-13-21)16-24-26(32)30(27(34)35-24)15-14-19-6-3-2-4-7-19/h2-13,16H,14-15,17H2,1H3,(H,29,31)/b24-16-. The second kappa shape index (κ2) is 11.5. The van der Waals surface area contributed by atoms with E-state index in [0.717, 1.165) is 23.1 Å². The van der Waals surface area contributed by atoms with Crippen LogP contribution in [0.15, 0.2) is 77.7 Å². The number of anilines is 1. The fraction of sp³-hybridized carbons (Fsp3) is 0.148. The number of ether oxygens (including phenoxy) is 1. The quantitative estimate of drug-likeness (QED) is 0.286. The largest absolute Gasteiger partial charge is 0.484 e. The predicted molar refractivity (Wildman–Crippen MR) is 147 cm³/mol. The maximum Gasteiger partial charge on any atom is 0.266 e. The van der Waals surface area contributed by atoms with Crippen LogP contribution in [0.25, 0.3) is 6.08 Å². The molecule has 1 aliphatic rings. The van der Waals surface area contributed by atoms with Crippen molar-refractivity contribution in [2.45, 2.75) is 13.3 Å². The number of hydrogen-bond acceptors (Lipinski definition) is 5. The van der Waals surface area contributed by atoms with E-state index in [9.17, 15) is 9.59 Å². The zero-order chi connectivity index (χ0) is 24.8. The summed E-state index contributed by atoms with van der Waals surface area (Å²) < 4.78 is 6.17. The first-order valence-electron chi connectivity index (χ1n) is 11.0. The predicted octanol–water partition coefficient (Wildman–Crippen LogP) is 6.11. The Bertz CT molecular complexity index is 1280. The number of nitrogens with one attached hydrogen (secondary N) is 1. The molecule has 1 heterocycles. The third kappa shape index (κ3) is 6.51. The molecule has 2 amide bonds. The van der Waals surface area contributed by atoms with E-state index in [1.807, 2.05) is 55.5 Å². The van der Waals surface area contributed by atoms with Crippen LogP contribution in [0, 0.1) is 6.92 Å². The van der Waals surface area contributed by atoms with Crippen LogP contribution >= 0.6 is 35.6 Å². The summed E-state index contributed by atoms with van der Waals surface area (Å²) in [4.78, 5) is 27.3. The summed E-state index contributed by atoms with van der Waals surface area (Å²) in [7, 11) is 0. The highest BCUT2D eigenvalue weighted by atomic mass is 35.5. The third-order valence-corrected chi connectivity index (χ3v) is 7.22. The van der Waals surface area contributed by atoms with Crippen molar-refractivity contribution in [2.24, 2.45) is 0 Å². The molecule has 0 bridgehead atoms. The number of thiocarbonyl (C=S) groups is 1. The molecular weight excluding hydrogens is 500 g/mol. The smallest absolute Gasteiger partial charge is 0.266 e. The van der Waals surface area contributed by atoms with Gasteiger partial charge in [0.2, 0.25) is 0 Å². The summed E-state index contributed by atoms with van der Waals surface area (Å²) in [5.41, 5.74) is 3.47. The minimum absolute atomic E-state index is 0.0794. The molecule has 3 aromatic rings. The van der Waals surface area contributed by atoms with E-state index in [4.69, 9.17) is 28.6 Å². The molecule has 0 atom stereocenters. The van der Waals surface area contributed by atoms with Gasteiger partial charge in [-0.3, -0.25) is 14.5 Å². The number of benzene rings is 3. The van der Waals surface area contributed by atoms with Crippen LogP contribution in [-0.4, -0.2) is 34.2 Å². The van der Waals surface area contributed by atoms with Crippen molar-refractivity contribution in [1.29, 1.82) is 0 Å². The van der Waals surface area contributed by atoms with E-state index in [2.05, 4.69) is 5.32 Å². The molecule has 35 heavy (non-hydrogen) atoms. The molecule has 5 nitrogen and oxygen atoms in total. The van der Waals surface area contributed by atoms with Crippen LogP contribution in [0.3, 0.4) is 0 Å². The molecule has 8 heteroatoms. The first kappa shape index (κ1) is 25.0. The lowest BCUT2D eigenvalue weighted by molar-refractivity contribution is -0.122. The van der Waals surface area contributed by atoms with Gasteiger partial charge in [-0.25, -0.2) is 0 Å². The fourth-order valence-corrected chi connectivity index (χ4v) is 4.95. The summed E-state index contributed by atoms with van der Waals surface area (Å²) in [6, 6.07) is 22.6. The van der Waals surface area contributed by atoms with Gasteiger partial charge >= 0.3 is 0 Å². The van der Waals surface area contributed by atoms with E-state index in [1.54, 1.807) is 35.2 Å². The van der Waals surface area contributed by atoms with E-state index < -0.39 is 0 Å². The van der Waals surface area contributed by atoms with Gasteiger partial charge in [0.05, 0.1) is 4.91 Å². The first-order valence-corrected chi connectivity index (χ1v) is 12.6. The number of carbonyl (C=O) groups is 2. The Morgan fingerprint density at radius 2 is 1.83 bits per heavy atom. The highest BCUT2D eigenvalue weighted by molar-refractivity contribution is 8.26. The van der Waals surface area contributed by atoms with Gasteiger partial charge in [0.25, 0.3) is 11.8 Å². The van der Waals surface area contributed by atoms with Gasteiger partial charge in [-0.15, -0.1) is 0 Å². The van der Waals surface area contributed by atoms with Crippen molar-refractivity contribution in [1.82, 2.24) is 4.90 Å². The lowest BCUT2D eigenvalue weighted by Crippen LogP contribution is -2.30. The van der Waals surface area contributed by atoms with E-state index in [0.29, 0.717) is 32.2 Å². The summed E-state index contributed by atoms with van der Waals surface area (Å²) in [5.74, 6) is 0.193. The Kier molecular flexibility index (Phi) is 8.23. The zero-order valence-electron chi connectivity index (χ0n) is 19.0. The highest BCUT2D eigenvalue weighted by Gasteiger charge is 2.31. The second-order valence-electron chi connectivity index (χ2n) is 7.89. The molecular formula is C27H23ClN2O3S2. The van der Waals surface area contributed by atoms with Crippen molar-refractivity contribution < 1.29 is 14.3 Å². The van der Waals surface area contributed by atoms with Crippen molar-refractivity contribution in [2.75, 3.05) is 18.5 Å². The van der Waals surface area contributed by atoms with Crippen LogP contribution in [0.2, 0.25) is 5.02 Å². The lowest BCUT2D eigenvalue weighted by Gasteiger charge is -2.14. The summed E-state index contributed by atoms with van der Waals surface area (Å²) in [5, 5.41) is 3.39. The topological polar surface area (TPSA) is 58.6 Å². The third-order valence-electron chi connectivity index (χ3n) is 5.43. The maximum atomic E-state index is 12.9. The zero-order valence-corrected chi connectivity index (χ0v) is 21.4. The monoisotopic (exact) mass is 522 g/mol. The minimum Gasteiger partial charge on any atom is -0.484 e. The number of nitrogens with zero attached hydrogens (tertiary/aromatic N) is 1. The fourth-order valence-electron chi connectivity index (χ4n) is 3.47. The van der Waals surface area contributed by atoms with Gasteiger partial charge in [-0.1, -0.05) is 84.1 Å². The van der Waals surface area contributed by atoms with Crippen molar-refractivity contribution in [3.05, 3.63) is 99.4 Å². The number of halogens is 1. The Balaban J connectivity index is 1.31. The van der Waals surface area contributed by atoms with Crippen LogP contribution in [0.1, 0.15) is 16.7 Å². The van der Waals surface area contributed by atoms with Gasteiger partial charge in [-0.05, 0) is 60.4 Å². The molecule has 0 aliphatic carbocycles. The van der Waals surface area contributed by atoms with E-state index in [-0.39, 0.29) is 18.4 Å². The molecule has 3 aromatic carbocycles. The Hall–Kier alpha value is -3.13. The number of amides is 2. The average Bonchev–Trinajstić information content (AvgIpc) is 3.12. The Morgan fingerprint density at radius 3 is 2.57 bits per heavy atom. The van der Waals surface area contributed by atoms with E-state index in [1.165, 1.54) is 11.8 Å². The molecule has 0 unspecified atom stereocenters. The molecule has 4 rings (SSSR count). The van der Waals surface area contributed by atoms with Gasteiger partial charge in [0, 0.05) is 17.3 Å². The number of thioether (sulfide) groups is 1. The molecule has 0 aromatic heterocycles. The summed E-state index contributed by atoms with van der Waals surface area (Å²) in [6.45, 7) is 2.26. The number of rotatable bonds is 8. The maximum absolute atomic E-state index is 12.9. The Labute approximate surface area is 219 Å². The minimum atomic E-state index is -0.279. The summed E-state index contributed by atoms with van der Waals surface area (Å²) >= 11 is 12.8. The molecule has 1 aliphatic heterocycles. The van der Waals surface area contributed by atoms with Crippen molar-refractivity contribution >= 4 is 63.5 Å². The SMILES string of the molecule is Cc1c(Cl)cccc1NC(=O)COc1ccc(/C=C2\SC(=S)N(CCc3ccccc3)C2=O)cc1. The average molecular weight is 523 g/mol. The van der Waals surface area contributed by atoms with Crippen molar-refractivity contribution in [3.63, 3.8) is 0 Å². The molecule has 178 valence electrons. The summed E-state index contributed by atoms with van der Waals surface area (Å²) in [6.07, 6.45) is 2.57.